The second-order valence-corrected chi connectivity index (χ2v) is 6.85. The fourth-order valence-electron chi connectivity index (χ4n) is 2.60. The molecule has 0 aliphatic heterocycles. The summed E-state index contributed by atoms with van der Waals surface area (Å²) >= 11 is 12.0. The van der Waals surface area contributed by atoms with Gasteiger partial charge in [0.05, 0.1) is 18.5 Å². The molecule has 1 heterocycles. The van der Waals surface area contributed by atoms with Crippen molar-refractivity contribution in [2.45, 2.75) is 40.0 Å². The Morgan fingerprint density at radius 3 is 1.86 bits per heavy atom. The zero-order valence-electron chi connectivity index (χ0n) is 16.6. The average Bonchev–Trinajstić information content (AvgIpc) is 2.74. The van der Waals surface area contributed by atoms with Gasteiger partial charge in [-0.3, -0.25) is 0 Å². The molecule has 0 N–H and O–H groups in total. The van der Waals surface area contributed by atoms with Crippen molar-refractivity contribution >= 4 is 23.2 Å². The molecule has 0 aliphatic rings. The van der Waals surface area contributed by atoms with Gasteiger partial charge < -0.3 is 4.74 Å². The predicted octanol–water partition coefficient (Wildman–Crippen LogP) is 7.71. The van der Waals surface area contributed by atoms with E-state index in [4.69, 9.17) is 32.9 Å². The maximum atomic E-state index is 6.03. The number of benzene rings is 2. The number of ether oxygens (including phenoxy) is 1. The fraction of sp³-hybridized carbons (Fsp3) is 0.304. The van der Waals surface area contributed by atoms with Gasteiger partial charge in [0.2, 0.25) is 5.88 Å². The molecule has 0 aliphatic carbocycles. The van der Waals surface area contributed by atoms with Crippen LogP contribution in [0, 0.1) is 0 Å². The standard InChI is InChI=1S/C21H20Cl2N2O.C2H6/c1-2-3-4-13-26-19-14-24-20(15-5-9-17(22)10-6-15)21(25-19)16-7-11-18(23)12-8-16;1-2/h5-12,14H,2-4,13H2,1H3;1-2H3. The van der Waals surface area contributed by atoms with Gasteiger partial charge in [-0.05, 0) is 30.7 Å². The topological polar surface area (TPSA) is 35.0 Å². The number of aromatic nitrogens is 2. The smallest absolute Gasteiger partial charge is 0.232 e. The molecule has 3 nitrogen and oxygen atoms in total. The summed E-state index contributed by atoms with van der Waals surface area (Å²) in [5, 5.41) is 1.37. The minimum atomic E-state index is 0.531. The molecule has 0 bridgehead atoms. The molecule has 28 heavy (non-hydrogen) atoms. The van der Waals surface area contributed by atoms with Gasteiger partial charge in [0.25, 0.3) is 0 Å². The predicted molar refractivity (Wildman–Crippen MR) is 119 cm³/mol. The maximum Gasteiger partial charge on any atom is 0.232 e. The van der Waals surface area contributed by atoms with Gasteiger partial charge in [-0.25, -0.2) is 9.97 Å². The van der Waals surface area contributed by atoms with Crippen LogP contribution in [-0.4, -0.2) is 16.6 Å². The molecule has 0 radical (unpaired) electrons. The third-order valence-electron chi connectivity index (χ3n) is 3.98. The molecule has 148 valence electrons. The molecule has 0 saturated heterocycles. The Kier molecular flexibility index (Phi) is 9.26. The first-order valence-electron chi connectivity index (χ1n) is 9.69. The largest absolute Gasteiger partial charge is 0.477 e. The van der Waals surface area contributed by atoms with Crippen LogP contribution in [0.3, 0.4) is 0 Å². The van der Waals surface area contributed by atoms with E-state index in [9.17, 15) is 0 Å². The van der Waals surface area contributed by atoms with Crippen molar-refractivity contribution in [3.05, 3.63) is 64.8 Å². The highest BCUT2D eigenvalue weighted by Gasteiger charge is 2.13. The van der Waals surface area contributed by atoms with E-state index in [2.05, 4.69) is 11.9 Å². The van der Waals surface area contributed by atoms with E-state index in [1.807, 2.05) is 62.4 Å². The van der Waals surface area contributed by atoms with Crippen LogP contribution < -0.4 is 4.74 Å². The van der Waals surface area contributed by atoms with Crippen molar-refractivity contribution in [2.24, 2.45) is 0 Å². The Bertz CT molecular complexity index is 849. The van der Waals surface area contributed by atoms with Crippen LogP contribution >= 0.6 is 23.2 Å². The Hall–Kier alpha value is -2.10. The van der Waals surface area contributed by atoms with E-state index in [0.717, 1.165) is 41.8 Å². The van der Waals surface area contributed by atoms with Crippen molar-refractivity contribution in [3.63, 3.8) is 0 Å². The second kappa shape index (κ2) is 11.7. The zero-order chi connectivity index (χ0) is 20.4. The van der Waals surface area contributed by atoms with Crippen LogP contribution in [-0.2, 0) is 0 Å². The van der Waals surface area contributed by atoms with Crippen LogP contribution in [0.2, 0.25) is 10.0 Å². The van der Waals surface area contributed by atoms with Crippen molar-refractivity contribution in [1.29, 1.82) is 0 Å². The lowest BCUT2D eigenvalue weighted by Crippen LogP contribution is -2.02. The summed E-state index contributed by atoms with van der Waals surface area (Å²) in [5.41, 5.74) is 3.43. The summed E-state index contributed by atoms with van der Waals surface area (Å²) in [4.78, 5) is 9.32. The highest BCUT2D eigenvalue weighted by molar-refractivity contribution is 6.31. The van der Waals surface area contributed by atoms with Crippen molar-refractivity contribution in [3.8, 4) is 28.4 Å². The summed E-state index contributed by atoms with van der Waals surface area (Å²) in [6.45, 7) is 6.81. The molecular weight excluding hydrogens is 391 g/mol. The Morgan fingerprint density at radius 2 is 1.32 bits per heavy atom. The molecule has 0 spiro atoms. The average molecular weight is 417 g/mol. The number of nitrogens with zero attached hydrogens (tertiary/aromatic N) is 2. The number of unbranched alkanes of at least 4 members (excludes halogenated alkanes) is 2. The highest BCUT2D eigenvalue weighted by Crippen LogP contribution is 2.31. The maximum absolute atomic E-state index is 6.03. The molecule has 1 aromatic heterocycles. The SMILES string of the molecule is CC.CCCCCOc1cnc(-c2ccc(Cl)cc2)c(-c2ccc(Cl)cc2)n1. The monoisotopic (exact) mass is 416 g/mol. The first-order chi connectivity index (χ1) is 13.7. The lowest BCUT2D eigenvalue weighted by molar-refractivity contribution is 0.294. The quantitative estimate of drug-likeness (QED) is 0.369. The molecule has 3 aromatic rings. The number of hydrogen-bond acceptors (Lipinski definition) is 3. The minimum absolute atomic E-state index is 0.531. The van der Waals surface area contributed by atoms with Gasteiger partial charge >= 0.3 is 0 Å². The molecule has 0 unspecified atom stereocenters. The van der Waals surface area contributed by atoms with Crippen LogP contribution in [0.25, 0.3) is 22.5 Å². The third-order valence-corrected chi connectivity index (χ3v) is 4.49. The third kappa shape index (κ3) is 6.22. The molecule has 0 amide bonds. The van der Waals surface area contributed by atoms with E-state index in [1.165, 1.54) is 0 Å². The summed E-state index contributed by atoms with van der Waals surface area (Å²) in [5.74, 6) is 0.531. The number of halogens is 2. The first kappa shape index (κ1) is 22.2. The fourth-order valence-corrected chi connectivity index (χ4v) is 2.85. The molecular formula is C23H26Cl2N2O. The Labute approximate surface area is 177 Å². The van der Waals surface area contributed by atoms with Gasteiger partial charge in [0.15, 0.2) is 0 Å². The van der Waals surface area contributed by atoms with E-state index < -0.39 is 0 Å². The van der Waals surface area contributed by atoms with E-state index in [0.29, 0.717) is 22.5 Å². The Balaban J connectivity index is 0.00000136. The van der Waals surface area contributed by atoms with E-state index in [-0.39, 0.29) is 0 Å². The van der Waals surface area contributed by atoms with Gasteiger partial charge in [0.1, 0.15) is 5.69 Å². The summed E-state index contributed by atoms with van der Waals surface area (Å²) in [7, 11) is 0. The minimum Gasteiger partial charge on any atom is -0.477 e. The highest BCUT2D eigenvalue weighted by atomic mass is 35.5. The van der Waals surface area contributed by atoms with Crippen LogP contribution in [0.4, 0.5) is 0 Å². The van der Waals surface area contributed by atoms with E-state index in [1.54, 1.807) is 6.20 Å². The lowest BCUT2D eigenvalue weighted by Gasteiger charge is -2.11. The van der Waals surface area contributed by atoms with Crippen LogP contribution in [0.15, 0.2) is 54.7 Å². The van der Waals surface area contributed by atoms with Gasteiger partial charge in [-0.15, -0.1) is 0 Å². The second-order valence-electron chi connectivity index (χ2n) is 5.97. The lowest BCUT2D eigenvalue weighted by atomic mass is 10.0. The van der Waals surface area contributed by atoms with Crippen LogP contribution in [0.1, 0.15) is 40.0 Å². The summed E-state index contributed by atoms with van der Waals surface area (Å²) < 4.78 is 5.78. The molecule has 0 saturated carbocycles. The van der Waals surface area contributed by atoms with Gasteiger partial charge in [0, 0.05) is 21.2 Å². The molecule has 0 fully saturated rings. The Morgan fingerprint density at radius 1 is 0.786 bits per heavy atom. The van der Waals surface area contributed by atoms with Gasteiger partial charge in [-0.2, -0.15) is 0 Å². The molecule has 5 heteroatoms. The van der Waals surface area contributed by atoms with E-state index >= 15 is 0 Å². The number of hydrogen-bond donors (Lipinski definition) is 0. The molecule has 2 aromatic carbocycles. The van der Waals surface area contributed by atoms with Crippen LogP contribution in [0.5, 0.6) is 5.88 Å². The van der Waals surface area contributed by atoms with Gasteiger partial charge in [-0.1, -0.05) is 81.1 Å². The number of rotatable bonds is 7. The summed E-state index contributed by atoms with van der Waals surface area (Å²) in [6.07, 6.45) is 4.98. The normalized spacial score (nSPS) is 10.2. The first-order valence-corrected chi connectivity index (χ1v) is 10.4. The molecule has 3 rings (SSSR count). The van der Waals surface area contributed by atoms with Crippen molar-refractivity contribution in [2.75, 3.05) is 6.61 Å². The zero-order valence-corrected chi connectivity index (χ0v) is 18.1. The summed E-state index contributed by atoms with van der Waals surface area (Å²) in [6, 6.07) is 15.1. The van der Waals surface area contributed by atoms with Crippen molar-refractivity contribution in [1.82, 2.24) is 9.97 Å². The van der Waals surface area contributed by atoms with Crippen molar-refractivity contribution < 1.29 is 4.74 Å². The molecule has 0 atom stereocenters.